The Morgan fingerprint density at radius 1 is 1.21 bits per heavy atom. The number of hydrogen-bond donors (Lipinski definition) is 2. The monoisotopic (exact) mass is 392 g/mol. The lowest BCUT2D eigenvalue weighted by Crippen LogP contribution is -2.34. The molecule has 9 heteroatoms. The van der Waals surface area contributed by atoms with Crippen LogP contribution in [0.2, 0.25) is 0 Å². The van der Waals surface area contributed by atoms with Crippen LogP contribution < -0.4 is 10.6 Å². The lowest BCUT2D eigenvalue weighted by Gasteiger charge is -2.15. The average Bonchev–Trinajstić information content (AvgIpc) is 2.99. The van der Waals surface area contributed by atoms with Crippen molar-refractivity contribution >= 4 is 17.6 Å². The summed E-state index contributed by atoms with van der Waals surface area (Å²) in [6.07, 6.45) is 0.382. The molecule has 0 saturated heterocycles. The van der Waals surface area contributed by atoms with Gasteiger partial charge in [-0.25, -0.2) is 18.2 Å². The van der Waals surface area contributed by atoms with Gasteiger partial charge in [0.15, 0.2) is 17.5 Å². The fraction of sp³-hybridized carbons (Fsp3) is 0.316. The Kier molecular flexibility index (Phi) is 5.81. The van der Waals surface area contributed by atoms with Gasteiger partial charge in [0.1, 0.15) is 5.82 Å². The van der Waals surface area contributed by atoms with Gasteiger partial charge in [-0.15, -0.1) is 0 Å². The standard InChI is InChI=1S/C19H19F3N4O2/c1-2-17(27)23-5-6-26-10-15-12(19(26)28)3-4-16(25-15)24-9-11-7-13(20)18(22)14(21)8-11/h3-4,7-8H,2,5-6,9-10H2,1H3,(H,23,27)(H,24,25). The molecule has 1 aliphatic heterocycles. The quantitative estimate of drug-likeness (QED) is 0.711. The van der Waals surface area contributed by atoms with E-state index in [1.807, 2.05) is 0 Å². The number of carbonyl (C=O) groups excluding carboxylic acids is 2. The predicted molar refractivity (Wildman–Crippen MR) is 95.9 cm³/mol. The number of hydrogen-bond acceptors (Lipinski definition) is 4. The normalized spacial score (nSPS) is 12.9. The third kappa shape index (κ3) is 4.24. The third-order valence-corrected chi connectivity index (χ3v) is 4.37. The van der Waals surface area contributed by atoms with E-state index >= 15 is 0 Å². The van der Waals surface area contributed by atoms with Crippen LogP contribution in [0.15, 0.2) is 24.3 Å². The highest BCUT2D eigenvalue weighted by Gasteiger charge is 2.28. The Balaban J connectivity index is 1.62. The van der Waals surface area contributed by atoms with Gasteiger partial charge in [0.2, 0.25) is 5.91 Å². The average molecular weight is 392 g/mol. The van der Waals surface area contributed by atoms with Crippen LogP contribution in [0.3, 0.4) is 0 Å². The molecular formula is C19H19F3N4O2. The number of aromatic nitrogens is 1. The Bertz CT molecular complexity index is 897. The molecule has 1 aliphatic rings. The highest BCUT2D eigenvalue weighted by atomic mass is 19.2. The maximum absolute atomic E-state index is 13.3. The van der Waals surface area contributed by atoms with Gasteiger partial charge in [0.05, 0.1) is 17.8 Å². The van der Waals surface area contributed by atoms with E-state index in [-0.39, 0.29) is 23.9 Å². The number of fused-ring (bicyclic) bond motifs is 1. The first kappa shape index (κ1) is 19.7. The van der Waals surface area contributed by atoms with Crippen molar-refractivity contribution in [2.24, 2.45) is 0 Å². The molecule has 28 heavy (non-hydrogen) atoms. The summed E-state index contributed by atoms with van der Waals surface area (Å²) >= 11 is 0. The summed E-state index contributed by atoms with van der Waals surface area (Å²) < 4.78 is 39.6. The van der Waals surface area contributed by atoms with Gasteiger partial charge in [-0.05, 0) is 29.8 Å². The van der Waals surface area contributed by atoms with Crippen molar-refractivity contribution in [1.29, 1.82) is 0 Å². The highest BCUT2D eigenvalue weighted by Crippen LogP contribution is 2.23. The van der Waals surface area contributed by atoms with Crippen LogP contribution in [0.4, 0.5) is 19.0 Å². The van der Waals surface area contributed by atoms with E-state index in [1.54, 1.807) is 24.0 Å². The molecule has 0 atom stereocenters. The van der Waals surface area contributed by atoms with Gasteiger partial charge in [0.25, 0.3) is 5.91 Å². The number of nitrogens with one attached hydrogen (secondary N) is 2. The largest absolute Gasteiger partial charge is 0.366 e. The number of halogens is 3. The van der Waals surface area contributed by atoms with Crippen molar-refractivity contribution in [2.45, 2.75) is 26.4 Å². The number of rotatable bonds is 7. The molecule has 148 valence electrons. The van der Waals surface area contributed by atoms with Crippen molar-refractivity contribution in [2.75, 3.05) is 18.4 Å². The minimum Gasteiger partial charge on any atom is -0.366 e. The molecule has 0 fully saturated rings. The van der Waals surface area contributed by atoms with E-state index in [1.165, 1.54) is 0 Å². The lowest BCUT2D eigenvalue weighted by molar-refractivity contribution is -0.120. The van der Waals surface area contributed by atoms with Crippen molar-refractivity contribution in [1.82, 2.24) is 15.2 Å². The smallest absolute Gasteiger partial charge is 0.256 e. The van der Waals surface area contributed by atoms with E-state index in [2.05, 4.69) is 15.6 Å². The van der Waals surface area contributed by atoms with Crippen LogP contribution in [-0.2, 0) is 17.9 Å². The molecular weight excluding hydrogens is 373 g/mol. The molecule has 0 spiro atoms. The summed E-state index contributed by atoms with van der Waals surface area (Å²) in [7, 11) is 0. The Labute approximate surface area is 159 Å². The van der Waals surface area contributed by atoms with Crippen LogP contribution >= 0.6 is 0 Å². The fourth-order valence-corrected chi connectivity index (χ4v) is 2.88. The number of pyridine rings is 1. The molecule has 2 amide bonds. The summed E-state index contributed by atoms with van der Waals surface area (Å²) in [5, 5.41) is 5.62. The first-order valence-corrected chi connectivity index (χ1v) is 8.82. The van der Waals surface area contributed by atoms with Gasteiger partial charge >= 0.3 is 0 Å². The van der Waals surface area contributed by atoms with E-state index in [0.29, 0.717) is 43.1 Å². The van der Waals surface area contributed by atoms with Gasteiger partial charge < -0.3 is 15.5 Å². The fourth-order valence-electron chi connectivity index (χ4n) is 2.88. The van der Waals surface area contributed by atoms with Crippen molar-refractivity contribution in [3.63, 3.8) is 0 Å². The molecule has 6 nitrogen and oxygen atoms in total. The zero-order chi connectivity index (χ0) is 20.3. The first-order valence-electron chi connectivity index (χ1n) is 8.82. The second kappa shape index (κ2) is 8.28. The summed E-state index contributed by atoms with van der Waals surface area (Å²) in [5.41, 5.74) is 1.28. The van der Waals surface area contributed by atoms with Crippen molar-refractivity contribution in [3.05, 3.63) is 58.5 Å². The van der Waals surface area contributed by atoms with E-state index in [9.17, 15) is 22.8 Å². The van der Waals surface area contributed by atoms with Gasteiger partial charge in [0, 0.05) is 26.1 Å². The molecule has 2 heterocycles. The van der Waals surface area contributed by atoms with Gasteiger partial charge in [-0.2, -0.15) is 0 Å². The zero-order valence-corrected chi connectivity index (χ0v) is 15.2. The summed E-state index contributed by atoms with van der Waals surface area (Å²) in [6, 6.07) is 5.04. The molecule has 0 bridgehead atoms. The Hall–Kier alpha value is -3.10. The van der Waals surface area contributed by atoms with E-state index in [4.69, 9.17) is 0 Å². The second-order valence-corrected chi connectivity index (χ2v) is 6.35. The lowest BCUT2D eigenvalue weighted by atomic mass is 10.2. The molecule has 1 aromatic heterocycles. The first-order chi connectivity index (χ1) is 13.4. The second-order valence-electron chi connectivity index (χ2n) is 6.35. The van der Waals surface area contributed by atoms with Gasteiger partial charge in [-0.3, -0.25) is 9.59 Å². The van der Waals surface area contributed by atoms with Crippen LogP contribution in [0, 0.1) is 17.5 Å². The van der Waals surface area contributed by atoms with E-state index in [0.717, 1.165) is 12.1 Å². The SMILES string of the molecule is CCC(=O)NCCN1Cc2nc(NCc3cc(F)c(F)c(F)c3)ccc2C1=O. The summed E-state index contributed by atoms with van der Waals surface area (Å²) in [5.74, 6) is -3.83. The molecule has 3 rings (SSSR count). The molecule has 1 aromatic carbocycles. The Morgan fingerprint density at radius 3 is 2.61 bits per heavy atom. The number of nitrogens with zero attached hydrogens (tertiary/aromatic N) is 2. The molecule has 0 radical (unpaired) electrons. The highest BCUT2D eigenvalue weighted by molar-refractivity contribution is 5.98. The predicted octanol–water partition coefficient (Wildman–Crippen LogP) is 2.59. The topological polar surface area (TPSA) is 74.3 Å². The number of anilines is 1. The minimum absolute atomic E-state index is 0.0423. The molecule has 0 aliphatic carbocycles. The van der Waals surface area contributed by atoms with Crippen LogP contribution in [0.5, 0.6) is 0 Å². The number of benzene rings is 1. The van der Waals surface area contributed by atoms with Crippen molar-refractivity contribution < 1.29 is 22.8 Å². The molecule has 2 aromatic rings. The van der Waals surface area contributed by atoms with Crippen LogP contribution in [0.1, 0.15) is 35.0 Å². The summed E-state index contributed by atoms with van der Waals surface area (Å²) in [6.45, 7) is 2.84. The van der Waals surface area contributed by atoms with Crippen LogP contribution in [0.25, 0.3) is 0 Å². The van der Waals surface area contributed by atoms with Crippen LogP contribution in [-0.4, -0.2) is 34.8 Å². The van der Waals surface area contributed by atoms with Gasteiger partial charge in [-0.1, -0.05) is 6.92 Å². The number of carbonyl (C=O) groups is 2. The Morgan fingerprint density at radius 2 is 1.93 bits per heavy atom. The number of amides is 2. The summed E-state index contributed by atoms with van der Waals surface area (Å²) in [4.78, 5) is 29.6. The van der Waals surface area contributed by atoms with E-state index < -0.39 is 17.5 Å². The third-order valence-electron chi connectivity index (χ3n) is 4.37. The zero-order valence-electron chi connectivity index (χ0n) is 15.2. The van der Waals surface area contributed by atoms with Crippen molar-refractivity contribution in [3.8, 4) is 0 Å². The molecule has 0 unspecified atom stereocenters. The molecule has 2 N–H and O–H groups in total. The maximum atomic E-state index is 13.3. The molecule has 0 saturated carbocycles. The minimum atomic E-state index is -1.51. The maximum Gasteiger partial charge on any atom is 0.256 e.